The minimum absolute atomic E-state index is 0.0168. The first-order valence-corrected chi connectivity index (χ1v) is 23.2. The first-order chi connectivity index (χ1) is 32.5. The van der Waals surface area contributed by atoms with Crippen molar-refractivity contribution in [3.05, 3.63) is 264 Å². The van der Waals surface area contributed by atoms with Crippen molar-refractivity contribution in [3.8, 4) is 50.2 Å². The van der Waals surface area contributed by atoms with Crippen LogP contribution < -0.4 is 4.90 Å². The summed E-state index contributed by atoms with van der Waals surface area (Å²) in [5.41, 5.74) is 24.8. The maximum atomic E-state index is 2.56. The third kappa shape index (κ3) is 4.91. The second kappa shape index (κ2) is 13.7. The number of nitrogens with zero attached hydrogens (tertiary/aromatic N) is 2. The molecule has 11 aromatic rings. The van der Waals surface area contributed by atoms with Gasteiger partial charge in [0.05, 0.1) is 27.8 Å². The molecular formula is C64H44N2. The summed E-state index contributed by atoms with van der Waals surface area (Å²) >= 11 is 0. The van der Waals surface area contributed by atoms with Crippen LogP contribution in [0.4, 0.5) is 17.1 Å². The van der Waals surface area contributed by atoms with Crippen LogP contribution in [0.5, 0.6) is 0 Å². The van der Waals surface area contributed by atoms with E-state index in [2.05, 4.69) is 254 Å². The van der Waals surface area contributed by atoms with Crippen molar-refractivity contribution >= 4 is 38.9 Å². The van der Waals surface area contributed by atoms with E-state index in [1.54, 1.807) is 0 Å². The Bertz CT molecular complexity index is 3750. The van der Waals surface area contributed by atoms with Crippen LogP contribution in [0, 0.1) is 0 Å². The van der Waals surface area contributed by atoms with Gasteiger partial charge in [-0.05, 0) is 121 Å². The van der Waals surface area contributed by atoms with Crippen LogP contribution in [-0.2, 0) is 10.8 Å². The predicted molar refractivity (Wildman–Crippen MR) is 275 cm³/mol. The Kier molecular flexibility index (Phi) is 7.70. The number of para-hydroxylation sites is 4. The van der Waals surface area contributed by atoms with Crippen molar-refractivity contribution in [1.82, 2.24) is 4.57 Å². The van der Waals surface area contributed by atoms with E-state index in [-0.39, 0.29) is 5.41 Å². The first kappa shape index (κ1) is 37.2. The van der Waals surface area contributed by atoms with Crippen molar-refractivity contribution in [3.63, 3.8) is 0 Å². The van der Waals surface area contributed by atoms with Crippen molar-refractivity contribution in [2.75, 3.05) is 4.90 Å². The maximum absolute atomic E-state index is 2.56. The molecule has 0 N–H and O–H groups in total. The van der Waals surface area contributed by atoms with E-state index in [0.717, 1.165) is 17.1 Å². The average molecular weight is 841 g/mol. The van der Waals surface area contributed by atoms with Gasteiger partial charge in [0.25, 0.3) is 0 Å². The lowest BCUT2D eigenvalue weighted by Gasteiger charge is -2.40. The van der Waals surface area contributed by atoms with Gasteiger partial charge in [-0.15, -0.1) is 0 Å². The minimum Gasteiger partial charge on any atom is -0.310 e. The van der Waals surface area contributed by atoms with E-state index in [4.69, 9.17) is 0 Å². The van der Waals surface area contributed by atoms with Crippen LogP contribution in [0.1, 0.15) is 47.2 Å². The van der Waals surface area contributed by atoms with E-state index in [9.17, 15) is 0 Å². The summed E-state index contributed by atoms with van der Waals surface area (Å²) in [5.74, 6) is 0. The molecule has 0 unspecified atom stereocenters. The standard InChI is InChI=1S/C64H44N2/c1-63(2)53-25-11-6-22-49(53)52-39-42(33-37-54(52)63)41-31-35-45(36-32-41)65(44-17-4-3-5-18-44)59-29-14-9-19-46(59)43-34-38-57-61(40-43)66-60-30-15-10-23-50(60)51-24-16-28-58(62(51)66)64(57)55-26-12-7-20-47(55)48-21-8-13-27-56(48)64/h3-40H,1-2H3. The Morgan fingerprint density at radius 3 is 1.64 bits per heavy atom. The van der Waals surface area contributed by atoms with Gasteiger partial charge in [-0.3, -0.25) is 0 Å². The molecule has 1 spiro atoms. The van der Waals surface area contributed by atoms with Gasteiger partial charge < -0.3 is 9.47 Å². The summed E-state index contributed by atoms with van der Waals surface area (Å²) in [5, 5.41) is 2.56. The molecule has 3 aliphatic rings. The molecule has 2 heterocycles. The van der Waals surface area contributed by atoms with Gasteiger partial charge >= 0.3 is 0 Å². The Morgan fingerprint density at radius 1 is 0.348 bits per heavy atom. The highest BCUT2D eigenvalue weighted by Gasteiger charge is 2.50. The second-order valence-electron chi connectivity index (χ2n) is 18.8. The van der Waals surface area contributed by atoms with Gasteiger partial charge in [0.1, 0.15) is 0 Å². The van der Waals surface area contributed by atoms with Crippen LogP contribution in [0.25, 0.3) is 72.0 Å². The SMILES string of the molecule is CC1(C)c2ccccc2-c2cc(-c3ccc(N(c4ccccc4)c4ccccc4-c4ccc5c(c4)-n4c6ccccc6c6cccc(c64)C54c5ccccc5-c5ccccc54)cc3)ccc21. The predicted octanol–water partition coefficient (Wildman–Crippen LogP) is 16.6. The minimum atomic E-state index is -0.485. The maximum Gasteiger partial charge on any atom is 0.0754 e. The smallest absolute Gasteiger partial charge is 0.0754 e. The Balaban J connectivity index is 0.953. The number of benzene rings is 10. The molecule has 0 atom stereocenters. The third-order valence-corrected chi connectivity index (χ3v) is 15.2. The fourth-order valence-electron chi connectivity index (χ4n) is 12.4. The van der Waals surface area contributed by atoms with Crippen molar-refractivity contribution in [2.45, 2.75) is 24.7 Å². The Morgan fingerprint density at radius 2 is 0.879 bits per heavy atom. The molecule has 0 radical (unpaired) electrons. The lowest BCUT2D eigenvalue weighted by atomic mass is 9.65. The van der Waals surface area contributed by atoms with Gasteiger partial charge in [-0.1, -0.05) is 196 Å². The molecule has 310 valence electrons. The molecule has 0 saturated carbocycles. The molecule has 2 heteroatoms. The topological polar surface area (TPSA) is 8.17 Å². The molecule has 2 nitrogen and oxygen atoms in total. The summed E-state index contributed by atoms with van der Waals surface area (Å²) in [7, 11) is 0. The molecule has 66 heavy (non-hydrogen) atoms. The summed E-state index contributed by atoms with van der Waals surface area (Å²) in [6.45, 7) is 4.69. The fraction of sp³-hybridized carbons (Fsp3) is 0.0625. The zero-order valence-corrected chi connectivity index (χ0v) is 36.8. The third-order valence-electron chi connectivity index (χ3n) is 15.2. The molecule has 0 bridgehead atoms. The van der Waals surface area contributed by atoms with Crippen molar-refractivity contribution < 1.29 is 0 Å². The molecule has 0 fully saturated rings. The molecule has 0 saturated heterocycles. The van der Waals surface area contributed by atoms with Gasteiger partial charge in [0.2, 0.25) is 0 Å². The molecule has 2 aliphatic carbocycles. The summed E-state index contributed by atoms with van der Waals surface area (Å²) in [6, 6.07) is 86.2. The van der Waals surface area contributed by atoms with Crippen molar-refractivity contribution in [1.29, 1.82) is 0 Å². The monoisotopic (exact) mass is 840 g/mol. The molecule has 10 aromatic carbocycles. The average Bonchev–Trinajstić information content (AvgIpc) is 3.96. The number of aromatic nitrogens is 1. The highest BCUT2D eigenvalue weighted by Crippen LogP contribution is 2.61. The zero-order chi connectivity index (χ0) is 43.7. The molecule has 14 rings (SSSR count). The van der Waals surface area contributed by atoms with Crippen LogP contribution in [0.3, 0.4) is 0 Å². The van der Waals surface area contributed by atoms with Crippen LogP contribution in [0.15, 0.2) is 231 Å². The zero-order valence-electron chi connectivity index (χ0n) is 36.8. The molecule has 0 amide bonds. The van der Waals surface area contributed by atoms with Crippen LogP contribution in [0.2, 0.25) is 0 Å². The molecule has 1 aromatic heterocycles. The summed E-state index contributed by atoms with van der Waals surface area (Å²) in [4.78, 5) is 2.42. The number of rotatable bonds is 5. The van der Waals surface area contributed by atoms with E-state index in [1.807, 2.05) is 0 Å². The van der Waals surface area contributed by atoms with Gasteiger partial charge in [-0.25, -0.2) is 0 Å². The molecular weight excluding hydrogens is 797 g/mol. The number of fused-ring (bicyclic) bond motifs is 15. The normalized spacial score (nSPS) is 14.2. The van der Waals surface area contributed by atoms with Crippen molar-refractivity contribution in [2.24, 2.45) is 0 Å². The lowest BCUT2D eigenvalue weighted by molar-refractivity contribution is 0.660. The Hall–Kier alpha value is -8.20. The van der Waals surface area contributed by atoms with E-state index >= 15 is 0 Å². The van der Waals surface area contributed by atoms with Gasteiger partial charge in [0, 0.05) is 33.1 Å². The highest BCUT2D eigenvalue weighted by atomic mass is 15.1. The highest BCUT2D eigenvalue weighted by molar-refractivity contribution is 6.13. The summed E-state index contributed by atoms with van der Waals surface area (Å²) < 4.78 is 2.56. The Labute approximate surface area is 385 Å². The fourth-order valence-corrected chi connectivity index (χ4v) is 12.4. The van der Waals surface area contributed by atoms with Gasteiger partial charge in [0.15, 0.2) is 0 Å². The van der Waals surface area contributed by atoms with E-state index < -0.39 is 5.41 Å². The van der Waals surface area contributed by atoms with Crippen LogP contribution in [-0.4, -0.2) is 4.57 Å². The number of anilines is 3. The number of hydrogen-bond acceptors (Lipinski definition) is 1. The molecule has 1 aliphatic heterocycles. The van der Waals surface area contributed by atoms with E-state index in [0.29, 0.717) is 0 Å². The summed E-state index contributed by atoms with van der Waals surface area (Å²) in [6.07, 6.45) is 0. The van der Waals surface area contributed by atoms with E-state index in [1.165, 1.54) is 105 Å². The van der Waals surface area contributed by atoms with Crippen LogP contribution >= 0.6 is 0 Å². The first-order valence-electron chi connectivity index (χ1n) is 23.2. The second-order valence-corrected chi connectivity index (χ2v) is 18.8. The quantitative estimate of drug-likeness (QED) is 0.168. The number of hydrogen-bond donors (Lipinski definition) is 0. The van der Waals surface area contributed by atoms with Gasteiger partial charge in [-0.2, -0.15) is 0 Å². The largest absolute Gasteiger partial charge is 0.310 e. The lowest BCUT2D eigenvalue weighted by Crippen LogP contribution is -2.33.